The van der Waals surface area contributed by atoms with Crippen molar-refractivity contribution in [2.45, 2.75) is 37.0 Å². The van der Waals surface area contributed by atoms with Gasteiger partial charge in [-0.1, -0.05) is 24.4 Å². The molecular formula is C14H17ClFN3S. The first-order valence-corrected chi connectivity index (χ1v) is 8.31. The number of halogens is 2. The molecule has 3 rings (SSSR count). The topological polar surface area (TPSA) is 43.8 Å². The minimum atomic E-state index is -0.454. The van der Waals surface area contributed by atoms with Crippen molar-refractivity contribution in [1.82, 2.24) is 9.55 Å². The van der Waals surface area contributed by atoms with Gasteiger partial charge in [0, 0.05) is 17.4 Å². The van der Waals surface area contributed by atoms with Crippen LogP contribution in [-0.2, 0) is 6.54 Å². The summed E-state index contributed by atoms with van der Waals surface area (Å²) in [5, 5.41) is 0.114. The number of rotatable bonds is 3. The van der Waals surface area contributed by atoms with Gasteiger partial charge in [0.25, 0.3) is 0 Å². The summed E-state index contributed by atoms with van der Waals surface area (Å²) < 4.78 is 15.7. The fourth-order valence-corrected chi connectivity index (χ4v) is 4.15. The van der Waals surface area contributed by atoms with Crippen LogP contribution >= 0.6 is 23.4 Å². The predicted octanol–water partition coefficient (Wildman–Crippen LogP) is 4.09. The number of nitrogen functional groups attached to an aromatic ring is 1. The Morgan fingerprint density at radius 1 is 1.45 bits per heavy atom. The zero-order valence-electron chi connectivity index (χ0n) is 11.3. The Balaban J connectivity index is 2.06. The van der Waals surface area contributed by atoms with Crippen molar-refractivity contribution in [2.24, 2.45) is 0 Å². The van der Waals surface area contributed by atoms with E-state index in [1.807, 2.05) is 16.3 Å². The summed E-state index contributed by atoms with van der Waals surface area (Å²) >= 11 is 7.78. The molecule has 0 aliphatic heterocycles. The fraction of sp³-hybridized carbons (Fsp3) is 0.500. The van der Waals surface area contributed by atoms with Crippen molar-refractivity contribution in [1.29, 1.82) is 0 Å². The second-order valence-electron chi connectivity index (χ2n) is 5.41. The van der Waals surface area contributed by atoms with Gasteiger partial charge in [0.15, 0.2) is 0 Å². The highest BCUT2D eigenvalue weighted by Gasteiger charge is 2.34. The second kappa shape index (κ2) is 5.11. The summed E-state index contributed by atoms with van der Waals surface area (Å²) in [6, 6.07) is 2.98. The average molecular weight is 314 g/mol. The van der Waals surface area contributed by atoms with Gasteiger partial charge in [0.2, 0.25) is 5.95 Å². The molecule has 20 heavy (non-hydrogen) atoms. The van der Waals surface area contributed by atoms with Gasteiger partial charge in [0.1, 0.15) is 5.82 Å². The van der Waals surface area contributed by atoms with Crippen molar-refractivity contribution >= 4 is 40.3 Å². The lowest BCUT2D eigenvalue weighted by molar-refractivity contribution is 0.518. The van der Waals surface area contributed by atoms with E-state index in [1.165, 1.54) is 31.7 Å². The molecule has 1 saturated carbocycles. The van der Waals surface area contributed by atoms with Crippen LogP contribution in [0.15, 0.2) is 12.1 Å². The molecule has 6 heteroatoms. The SMILES string of the molecule is CSC1(Cn2c(N)nc3cc(F)c(Cl)cc32)CCCC1. The lowest BCUT2D eigenvalue weighted by Gasteiger charge is -2.27. The molecule has 0 atom stereocenters. The van der Waals surface area contributed by atoms with Crippen molar-refractivity contribution in [3.8, 4) is 0 Å². The summed E-state index contributed by atoms with van der Waals surface area (Å²) in [5.74, 6) is -0.0220. The molecule has 1 heterocycles. The number of fused-ring (bicyclic) bond motifs is 1. The van der Waals surface area contributed by atoms with E-state index in [-0.39, 0.29) is 9.77 Å². The van der Waals surface area contributed by atoms with Gasteiger partial charge in [-0.05, 0) is 25.2 Å². The van der Waals surface area contributed by atoms with Gasteiger partial charge in [0.05, 0.1) is 16.1 Å². The molecule has 0 amide bonds. The molecule has 0 unspecified atom stereocenters. The van der Waals surface area contributed by atoms with Crippen molar-refractivity contribution in [2.75, 3.05) is 12.0 Å². The molecule has 0 saturated heterocycles. The summed E-state index contributed by atoms with van der Waals surface area (Å²) in [4.78, 5) is 4.26. The van der Waals surface area contributed by atoms with E-state index in [4.69, 9.17) is 17.3 Å². The first kappa shape index (κ1) is 14.0. The van der Waals surface area contributed by atoms with E-state index in [9.17, 15) is 4.39 Å². The van der Waals surface area contributed by atoms with E-state index in [0.717, 1.165) is 12.1 Å². The molecule has 108 valence electrons. The zero-order valence-corrected chi connectivity index (χ0v) is 12.9. The van der Waals surface area contributed by atoms with Crippen LogP contribution in [0.3, 0.4) is 0 Å². The summed E-state index contributed by atoms with van der Waals surface area (Å²) in [6.07, 6.45) is 7.02. The normalized spacial score (nSPS) is 17.9. The first-order chi connectivity index (χ1) is 9.54. The van der Waals surface area contributed by atoms with Gasteiger partial charge in [-0.3, -0.25) is 0 Å². The molecule has 0 radical (unpaired) electrons. The number of benzene rings is 1. The third-order valence-corrected chi connectivity index (χ3v) is 5.91. The van der Waals surface area contributed by atoms with Crippen LogP contribution in [0.1, 0.15) is 25.7 Å². The number of imidazole rings is 1. The van der Waals surface area contributed by atoms with Crippen LogP contribution in [0, 0.1) is 5.82 Å². The molecule has 2 N–H and O–H groups in total. The number of hydrogen-bond donors (Lipinski definition) is 1. The maximum absolute atomic E-state index is 13.5. The minimum absolute atomic E-state index is 0.114. The van der Waals surface area contributed by atoms with Crippen LogP contribution in [-0.4, -0.2) is 20.6 Å². The van der Waals surface area contributed by atoms with Crippen LogP contribution < -0.4 is 5.73 Å². The van der Waals surface area contributed by atoms with Gasteiger partial charge in [-0.15, -0.1) is 0 Å². The maximum atomic E-state index is 13.5. The summed E-state index contributed by atoms with van der Waals surface area (Å²) in [5.41, 5.74) is 7.40. The second-order valence-corrected chi connectivity index (χ2v) is 7.09. The molecular weight excluding hydrogens is 297 g/mol. The Kier molecular flexibility index (Phi) is 3.58. The molecule has 0 bridgehead atoms. The zero-order chi connectivity index (χ0) is 14.3. The van der Waals surface area contributed by atoms with Crippen LogP contribution in [0.25, 0.3) is 11.0 Å². The number of aromatic nitrogens is 2. The van der Waals surface area contributed by atoms with E-state index in [1.54, 1.807) is 6.07 Å². The summed E-state index contributed by atoms with van der Waals surface area (Å²) in [6.45, 7) is 0.804. The number of thioether (sulfide) groups is 1. The van der Waals surface area contributed by atoms with Crippen LogP contribution in [0.5, 0.6) is 0 Å². The monoisotopic (exact) mass is 313 g/mol. The van der Waals surface area contributed by atoms with E-state index in [2.05, 4.69) is 11.2 Å². The average Bonchev–Trinajstić information content (AvgIpc) is 2.99. The molecule has 0 spiro atoms. The number of nitrogens with zero attached hydrogens (tertiary/aromatic N) is 2. The van der Waals surface area contributed by atoms with E-state index >= 15 is 0 Å². The molecule has 2 aromatic rings. The highest BCUT2D eigenvalue weighted by molar-refractivity contribution is 8.00. The highest BCUT2D eigenvalue weighted by Crippen LogP contribution is 2.42. The molecule has 1 aromatic heterocycles. The third-order valence-electron chi connectivity index (χ3n) is 4.21. The van der Waals surface area contributed by atoms with Gasteiger partial charge >= 0.3 is 0 Å². The molecule has 3 nitrogen and oxygen atoms in total. The van der Waals surface area contributed by atoms with Crippen molar-refractivity contribution in [3.63, 3.8) is 0 Å². The van der Waals surface area contributed by atoms with Crippen LogP contribution in [0.4, 0.5) is 10.3 Å². The van der Waals surface area contributed by atoms with Crippen molar-refractivity contribution < 1.29 is 4.39 Å². The fourth-order valence-electron chi connectivity index (χ4n) is 3.04. The number of nitrogens with two attached hydrogens (primary N) is 1. The number of hydrogen-bond acceptors (Lipinski definition) is 3. The van der Waals surface area contributed by atoms with E-state index < -0.39 is 5.82 Å². The Morgan fingerprint density at radius 2 is 2.15 bits per heavy atom. The standard InChI is InChI=1S/C14H17ClFN3S/c1-20-14(4-2-3-5-14)8-19-12-6-9(15)10(16)7-11(12)18-13(19)17/h6-7H,2-5,8H2,1H3,(H2,17,18). The summed E-state index contributed by atoms with van der Waals surface area (Å²) in [7, 11) is 0. The minimum Gasteiger partial charge on any atom is -0.369 e. The predicted molar refractivity (Wildman–Crippen MR) is 83.8 cm³/mol. The lowest BCUT2D eigenvalue weighted by Crippen LogP contribution is -2.27. The number of anilines is 1. The van der Waals surface area contributed by atoms with Gasteiger partial charge in [-0.2, -0.15) is 11.8 Å². The molecule has 1 aliphatic carbocycles. The highest BCUT2D eigenvalue weighted by atomic mass is 35.5. The molecule has 1 fully saturated rings. The Hall–Kier alpha value is -0.940. The quantitative estimate of drug-likeness (QED) is 0.928. The smallest absolute Gasteiger partial charge is 0.201 e. The Bertz CT molecular complexity index is 649. The largest absolute Gasteiger partial charge is 0.369 e. The molecule has 1 aliphatic rings. The Labute approximate surface area is 126 Å². The lowest BCUT2D eigenvalue weighted by atomic mass is 10.1. The van der Waals surface area contributed by atoms with E-state index in [0.29, 0.717) is 11.5 Å². The van der Waals surface area contributed by atoms with Gasteiger partial charge in [-0.25, -0.2) is 9.37 Å². The Morgan fingerprint density at radius 3 is 2.80 bits per heavy atom. The first-order valence-electron chi connectivity index (χ1n) is 6.71. The maximum Gasteiger partial charge on any atom is 0.201 e. The van der Waals surface area contributed by atoms with Crippen LogP contribution in [0.2, 0.25) is 5.02 Å². The third kappa shape index (κ3) is 2.27. The molecule has 1 aromatic carbocycles. The van der Waals surface area contributed by atoms with Gasteiger partial charge < -0.3 is 10.3 Å². The van der Waals surface area contributed by atoms with Crippen molar-refractivity contribution in [3.05, 3.63) is 23.0 Å².